The monoisotopic (exact) mass is 181 g/mol. The van der Waals surface area contributed by atoms with Gasteiger partial charge in [-0.15, -0.1) is 0 Å². The Labute approximate surface area is 46.4 Å². The topological polar surface area (TPSA) is 0 Å². The van der Waals surface area contributed by atoms with Crippen LogP contribution < -0.4 is 0 Å². The fraction of sp³-hybridized carbons (Fsp3) is 0.250. The van der Waals surface area contributed by atoms with Crippen LogP contribution in [0.2, 0.25) is 0 Å². The van der Waals surface area contributed by atoms with Gasteiger partial charge >= 0.3 is 0 Å². The van der Waals surface area contributed by atoms with Crippen LogP contribution in [0.25, 0.3) is 0 Å². The van der Waals surface area contributed by atoms with Gasteiger partial charge in [0.25, 0.3) is 0 Å². The average Bonchev–Trinajstić information content (AvgIpc) is 1.38. The van der Waals surface area contributed by atoms with E-state index >= 15 is 0 Å². The number of hydrogen-bond donors (Lipinski definition) is 0. The van der Waals surface area contributed by atoms with Crippen molar-refractivity contribution in [1.82, 2.24) is 0 Å². The molecule has 0 N–H and O–H groups in total. The van der Waals surface area contributed by atoms with E-state index in [9.17, 15) is 0 Å². The van der Waals surface area contributed by atoms with Gasteiger partial charge in [0.15, 0.2) is 0 Å². The molecule has 0 atom stereocenters. The maximum absolute atomic E-state index is 3.52. The fourth-order valence-electron chi connectivity index (χ4n) is 0. The van der Waals surface area contributed by atoms with Gasteiger partial charge in [-0.25, -0.2) is 0 Å². The highest BCUT2D eigenvalue weighted by molar-refractivity contribution is 14.1. The third-order valence-electron chi connectivity index (χ3n) is 0.281. The molecule has 0 aromatic carbocycles. The van der Waals surface area contributed by atoms with Crippen LogP contribution in [-0.4, -0.2) is 0 Å². The van der Waals surface area contributed by atoms with Crippen LogP contribution in [0.5, 0.6) is 0 Å². The van der Waals surface area contributed by atoms with Crippen LogP contribution in [0.3, 0.4) is 0 Å². The molecule has 0 amide bonds. The molecule has 0 saturated heterocycles. The standard InChI is InChI=1S/C4H6I/c1-3-4(2)5/h3H,1H2,2H3. The van der Waals surface area contributed by atoms with Crippen molar-refractivity contribution in [2.45, 2.75) is 6.92 Å². The van der Waals surface area contributed by atoms with Gasteiger partial charge in [0.05, 0.1) is 0 Å². The lowest BCUT2D eigenvalue weighted by Crippen LogP contribution is -1.44. The molecular weight excluding hydrogens is 175 g/mol. The Kier molecular flexibility index (Phi) is 2.95. The molecule has 5 heavy (non-hydrogen) atoms. The molecule has 0 aliphatic carbocycles. The maximum atomic E-state index is 3.52. The van der Waals surface area contributed by atoms with E-state index in [0.29, 0.717) is 0 Å². The van der Waals surface area contributed by atoms with Crippen molar-refractivity contribution < 1.29 is 0 Å². The molecule has 1 heteroatoms. The minimum atomic E-state index is 1.24. The molecule has 0 aromatic rings. The van der Waals surface area contributed by atoms with E-state index in [1.807, 2.05) is 13.0 Å². The highest BCUT2D eigenvalue weighted by atomic mass is 127. The van der Waals surface area contributed by atoms with E-state index in [2.05, 4.69) is 29.5 Å². The van der Waals surface area contributed by atoms with E-state index in [1.165, 1.54) is 3.58 Å². The lowest BCUT2D eigenvalue weighted by molar-refractivity contribution is 1.72. The highest BCUT2D eigenvalue weighted by Gasteiger charge is 1.63. The molecule has 1 radical (unpaired) electrons. The van der Waals surface area contributed by atoms with Crippen molar-refractivity contribution in [2.24, 2.45) is 0 Å². The lowest BCUT2D eigenvalue weighted by atomic mass is 10.6. The summed E-state index contributed by atoms with van der Waals surface area (Å²) in [6, 6.07) is 0. The molecule has 0 aliphatic heterocycles. The molecule has 0 heterocycles. The fourth-order valence-corrected chi connectivity index (χ4v) is 0. The summed E-state index contributed by atoms with van der Waals surface area (Å²) in [5.74, 6) is 0. The molecule has 0 saturated carbocycles. The molecule has 29 valence electrons. The first-order valence-electron chi connectivity index (χ1n) is 1.39. The van der Waals surface area contributed by atoms with Gasteiger partial charge in [-0.2, -0.15) is 0 Å². The van der Waals surface area contributed by atoms with Crippen LogP contribution in [0.1, 0.15) is 6.92 Å². The van der Waals surface area contributed by atoms with Crippen molar-refractivity contribution in [2.75, 3.05) is 0 Å². The Morgan fingerprint density at radius 3 is 2.20 bits per heavy atom. The van der Waals surface area contributed by atoms with Crippen LogP contribution in [0.4, 0.5) is 0 Å². The van der Waals surface area contributed by atoms with Gasteiger partial charge in [-0.05, 0) is 40.0 Å². The SMILES string of the molecule is [CH2]C=C(C)I. The Morgan fingerprint density at radius 2 is 2.20 bits per heavy atom. The molecule has 0 unspecified atom stereocenters. The van der Waals surface area contributed by atoms with Crippen LogP contribution in [0.15, 0.2) is 9.66 Å². The van der Waals surface area contributed by atoms with Crippen LogP contribution in [-0.2, 0) is 0 Å². The number of rotatable bonds is 0. The van der Waals surface area contributed by atoms with E-state index in [-0.39, 0.29) is 0 Å². The minimum absolute atomic E-state index is 1.24. The first-order valence-corrected chi connectivity index (χ1v) is 2.46. The van der Waals surface area contributed by atoms with E-state index in [4.69, 9.17) is 0 Å². The summed E-state index contributed by atoms with van der Waals surface area (Å²) in [5.41, 5.74) is 0. The molecule has 0 spiro atoms. The van der Waals surface area contributed by atoms with Crippen LogP contribution in [0, 0.1) is 6.92 Å². The van der Waals surface area contributed by atoms with E-state index in [0.717, 1.165) is 0 Å². The Morgan fingerprint density at radius 1 is 2.00 bits per heavy atom. The van der Waals surface area contributed by atoms with Gasteiger partial charge in [0.1, 0.15) is 0 Å². The largest absolute Gasteiger partial charge is 0.0752 e. The van der Waals surface area contributed by atoms with Crippen molar-refractivity contribution in [1.29, 1.82) is 0 Å². The predicted molar refractivity (Wildman–Crippen MR) is 33.1 cm³/mol. The second-order valence-corrected chi connectivity index (χ2v) is 2.49. The zero-order chi connectivity index (χ0) is 4.28. The third-order valence-corrected chi connectivity index (χ3v) is 0.722. The van der Waals surface area contributed by atoms with Crippen molar-refractivity contribution in [3.63, 3.8) is 0 Å². The van der Waals surface area contributed by atoms with Gasteiger partial charge in [-0.3, -0.25) is 0 Å². The zero-order valence-electron chi connectivity index (χ0n) is 3.16. The minimum Gasteiger partial charge on any atom is -0.0752 e. The molecule has 0 aromatic heterocycles. The summed E-state index contributed by atoms with van der Waals surface area (Å²) >= 11 is 2.20. The van der Waals surface area contributed by atoms with Gasteiger partial charge in [0, 0.05) is 0 Å². The molecule has 0 bridgehead atoms. The summed E-state index contributed by atoms with van der Waals surface area (Å²) < 4.78 is 1.24. The van der Waals surface area contributed by atoms with E-state index < -0.39 is 0 Å². The Bertz CT molecular complexity index is 41.6. The molecule has 0 nitrogen and oxygen atoms in total. The molecule has 0 aliphatic rings. The highest BCUT2D eigenvalue weighted by Crippen LogP contribution is 1.99. The molecule has 0 rings (SSSR count). The summed E-state index contributed by atoms with van der Waals surface area (Å²) in [5, 5.41) is 0. The maximum Gasteiger partial charge on any atom is -0.0165 e. The first kappa shape index (κ1) is 5.47. The summed E-state index contributed by atoms with van der Waals surface area (Å²) in [6.07, 6.45) is 1.82. The van der Waals surface area contributed by atoms with Gasteiger partial charge in [0.2, 0.25) is 0 Å². The van der Waals surface area contributed by atoms with E-state index in [1.54, 1.807) is 0 Å². The summed E-state index contributed by atoms with van der Waals surface area (Å²) in [4.78, 5) is 0. The zero-order valence-corrected chi connectivity index (χ0v) is 5.32. The summed E-state index contributed by atoms with van der Waals surface area (Å²) in [7, 11) is 0. The summed E-state index contributed by atoms with van der Waals surface area (Å²) in [6.45, 7) is 5.52. The Balaban J connectivity index is 3.14. The second kappa shape index (κ2) is 2.69. The quantitative estimate of drug-likeness (QED) is 0.502. The van der Waals surface area contributed by atoms with Gasteiger partial charge < -0.3 is 0 Å². The van der Waals surface area contributed by atoms with Crippen molar-refractivity contribution in [3.05, 3.63) is 16.6 Å². The smallest absolute Gasteiger partial charge is 0.0165 e. The number of halogens is 1. The molecule has 0 fully saturated rings. The average molecular weight is 181 g/mol. The number of hydrogen-bond acceptors (Lipinski definition) is 0. The first-order chi connectivity index (χ1) is 2.27. The number of allylic oxidation sites excluding steroid dienone is 2. The third kappa shape index (κ3) is 4.47. The van der Waals surface area contributed by atoms with Crippen molar-refractivity contribution in [3.8, 4) is 0 Å². The normalized spacial score (nSPS) is 12.2. The van der Waals surface area contributed by atoms with Crippen LogP contribution >= 0.6 is 22.6 Å². The Hall–Kier alpha value is 0.470. The van der Waals surface area contributed by atoms with Gasteiger partial charge in [-0.1, -0.05) is 6.08 Å². The predicted octanol–water partition coefficient (Wildman–Crippen LogP) is 2.16. The second-order valence-electron chi connectivity index (χ2n) is 0.791. The molecular formula is C4H6I. The van der Waals surface area contributed by atoms with Crippen molar-refractivity contribution >= 4 is 22.6 Å². The lowest BCUT2D eigenvalue weighted by Gasteiger charge is -1.70.